The summed E-state index contributed by atoms with van der Waals surface area (Å²) < 4.78 is 0. The summed E-state index contributed by atoms with van der Waals surface area (Å²) in [6, 6.07) is 6.98. The van der Waals surface area contributed by atoms with Gasteiger partial charge in [0.05, 0.1) is 0 Å². The van der Waals surface area contributed by atoms with Crippen LogP contribution in [0.4, 0.5) is 0 Å². The van der Waals surface area contributed by atoms with Crippen molar-refractivity contribution in [3.05, 3.63) is 35.4 Å². The zero-order valence-electron chi connectivity index (χ0n) is 11.5. The van der Waals surface area contributed by atoms with E-state index in [4.69, 9.17) is 5.73 Å². The average molecular weight is 263 g/mol. The third-order valence-corrected chi connectivity index (χ3v) is 2.85. The summed E-state index contributed by atoms with van der Waals surface area (Å²) in [5.74, 6) is -0.346. The van der Waals surface area contributed by atoms with Crippen molar-refractivity contribution in [3.8, 4) is 0 Å². The lowest BCUT2D eigenvalue weighted by atomic mass is 10.1. The molecule has 1 rings (SSSR count). The number of nitrogens with two attached hydrogens (primary N) is 1. The van der Waals surface area contributed by atoms with E-state index in [1.807, 2.05) is 19.1 Å². The fraction of sp³-hybridized carbons (Fsp3) is 0.429. The van der Waals surface area contributed by atoms with Gasteiger partial charge in [-0.3, -0.25) is 9.59 Å². The van der Waals surface area contributed by atoms with Crippen LogP contribution in [0.5, 0.6) is 0 Å². The molecule has 0 bridgehead atoms. The van der Waals surface area contributed by atoms with Crippen LogP contribution in [-0.2, 0) is 11.3 Å². The van der Waals surface area contributed by atoms with Gasteiger partial charge in [-0.2, -0.15) is 0 Å². The SMILES string of the molecule is CCNCCC(=O)N(C)Cc1ccc(C(N)=O)cc1. The first-order valence-corrected chi connectivity index (χ1v) is 6.38. The van der Waals surface area contributed by atoms with Crippen LogP contribution in [0.15, 0.2) is 24.3 Å². The monoisotopic (exact) mass is 263 g/mol. The molecule has 0 aliphatic heterocycles. The van der Waals surface area contributed by atoms with E-state index in [0.717, 1.165) is 12.1 Å². The number of hydrogen-bond donors (Lipinski definition) is 2. The predicted octanol–water partition coefficient (Wildman–Crippen LogP) is 0.743. The maximum absolute atomic E-state index is 11.8. The number of primary amides is 1. The normalized spacial score (nSPS) is 10.2. The van der Waals surface area contributed by atoms with Gasteiger partial charge in [0.2, 0.25) is 11.8 Å². The van der Waals surface area contributed by atoms with Crippen LogP contribution in [0.2, 0.25) is 0 Å². The van der Waals surface area contributed by atoms with Gasteiger partial charge in [-0.25, -0.2) is 0 Å². The molecule has 0 saturated carbocycles. The molecule has 2 amide bonds. The van der Waals surface area contributed by atoms with Crippen molar-refractivity contribution in [1.82, 2.24) is 10.2 Å². The Balaban J connectivity index is 2.49. The first kappa shape index (κ1) is 15.2. The number of nitrogens with one attached hydrogen (secondary N) is 1. The molecule has 19 heavy (non-hydrogen) atoms. The molecule has 0 aromatic heterocycles. The standard InChI is InChI=1S/C14H21N3O2/c1-3-16-9-8-13(18)17(2)10-11-4-6-12(7-5-11)14(15)19/h4-7,16H,3,8-10H2,1-2H3,(H2,15,19). The lowest BCUT2D eigenvalue weighted by Crippen LogP contribution is -2.29. The summed E-state index contributed by atoms with van der Waals surface area (Å²) in [4.78, 5) is 24.4. The van der Waals surface area contributed by atoms with Crippen molar-refractivity contribution in [1.29, 1.82) is 0 Å². The molecule has 5 nitrogen and oxygen atoms in total. The number of benzene rings is 1. The highest BCUT2D eigenvalue weighted by atomic mass is 16.2. The summed E-state index contributed by atoms with van der Waals surface area (Å²) in [6.07, 6.45) is 0.490. The second-order valence-corrected chi connectivity index (χ2v) is 4.41. The smallest absolute Gasteiger partial charge is 0.248 e. The molecule has 1 aromatic carbocycles. The second kappa shape index (κ2) is 7.53. The van der Waals surface area contributed by atoms with Crippen molar-refractivity contribution in [2.24, 2.45) is 5.73 Å². The van der Waals surface area contributed by atoms with E-state index < -0.39 is 5.91 Å². The van der Waals surface area contributed by atoms with Crippen LogP contribution in [-0.4, -0.2) is 36.9 Å². The fourth-order valence-electron chi connectivity index (χ4n) is 1.70. The van der Waals surface area contributed by atoms with Crippen molar-refractivity contribution in [2.45, 2.75) is 19.9 Å². The molecule has 0 aliphatic rings. The Morgan fingerprint density at radius 2 is 1.89 bits per heavy atom. The predicted molar refractivity (Wildman–Crippen MR) is 74.6 cm³/mol. The van der Waals surface area contributed by atoms with Crippen molar-refractivity contribution in [3.63, 3.8) is 0 Å². The zero-order valence-corrected chi connectivity index (χ0v) is 11.5. The second-order valence-electron chi connectivity index (χ2n) is 4.41. The highest BCUT2D eigenvalue weighted by Gasteiger charge is 2.09. The molecule has 5 heteroatoms. The first-order chi connectivity index (χ1) is 9.04. The molecular formula is C14H21N3O2. The summed E-state index contributed by atoms with van der Waals surface area (Å²) >= 11 is 0. The van der Waals surface area contributed by atoms with Gasteiger partial charge in [0.25, 0.3) is 0 Å². The minimum atomic E-state index is -0.443. The zero-order chi connectivity index (χ0) is 14.3. The summed E-state index contributed by atoms with van der Waals surface area (Å²) in [6.45, 7) is 4.10. The maximum Gasteiger partial charge on any atom is 0.248 e. The highest BCUT2D eigenvalue weighted by Crippen LogP contribution is 2.07. The molecular weight excluding hydrogens is 242 g/mol. The van der Waals surface area contributed by atoms with Crippen LogP contribution in [0.25, 0.3) is 0 Å². The van der Waals surface area contributed by atoms with Gasteiger partial charge in [0.1, 0.15) is 0 Å². The lowest BCUT2D eigenvalue weighted by Gasteiger charge is -2.17. The number of hydrogen-bond acceptors (Lipinski definition) is 3. The summed E-state index contributed by atoms with van der Waals surface area (Å²) in [5.41, 5.74) is 6.62. The Kier molecular flexibility index (Phi) is 6.02. The first-order valence-electron chi connectivity index (χ1n) is 6.38. The van der Waals surface area contributed by atoms with E-state index >= 15 is 0 Å². The lowest BCUT2D eigenvalue weighted by molar-refractivity contribution is -0.130. The van der Waals surface area contributed by atoms with E-state index in [9.17, 15) is 9.59 Å². The van der Waals surface area contributed by atoms with Crippen molar-refractivity contribution in [2.75, 3.05) is 20.1 Å². The minimum Gasteiger partial charge on any atom is -0.366 e. The molecule has 0 fully saturated rings. The summed E-state index contributed by atoms with van der Waals surface area (Å²) in [5, 5.41) is 3.12. The largest absolute Gasteiger partial charge is 0.366 e. The van der Waals surface area contributed by atoms with E-state index in [1.165, 1.54) is 0 Å². The van der Waals surface area contributed by atoms with Crippen molar-refractivity contribution < 1.29 is 9.59 Å². The Morgan fingerprint density at radius 3 is 2.42 bits per heavy atom. The molecule has 0 aliphatic carbocycles. The molecule has 1 aromatic rings. The highest BCUT2D eigenvalue weighted by molar-refractivity contribution is 5.92. The Morgan fingerprint density at radius 1 is 1.26 bits per heavy atom. The van der Waals surface area contributed by atoms with E-state index in [0.29, 0.717) is 25.1 Å². The quantitative estimate of drug-likeness (QED) is 0.713. The van der Waals surface area contributed by atoms with Crippen LogP contribution < -0.4 is 11.1 Å². The molecule has 0 spiro atoms. The molecule has 0 saturated heterocycles. The Labute approximate surface area is 113 Å². The van der Waals surface area contributed by atoms with Crippen molar-refractivity contribution >= 4 is 11.8 Å². The molecule has 104 valence electrons. The molecule has 3 N–H and O–H groups in total. The maximum atomic E-state index is 11.8. The number of carbonyl (C=O) groups excluding carboxylic acids is 2. The average Bonchev–Trinajstić information content (AvgIpc) is 2.39. The van der Waals surface area contributed by atoms with Crippen LogP contribution in [0, 0.1) is 0 Å². The molecule has 0 heterocycles. The fourth-order valence-corrected chi connectivity index (χ4v) is 1.70. The minimum absolute atomic E-state index is 0.0972. The third kappa shape index (κ3) is 5.09. The van der Waals surface area contributed by atoms with Gasteiger partial charge in [-0.15, -0.1) is 0 Å². The van der Waals surface area contributed by atoms with Gasteiger partial charge >= 0.3 is 0 Å². The van der Waals surface area contributed by atoms with E-state index in [1.54, 1.807) is 24.1 Å². The molecule has 0 atom stereocenters. The van der Waals surface area contributed by atoms with Gasteiger partial charge in [0, 0.05) is 32.1 Å². The van der Waals surface area contributed by atoms with Gasteiger partial charge in [-0.05, 0) is 24.2 Å². The number of rotatable bonds is 7. The number of carbonyl (C=O) groups is 2. The third-order valence-electron chi connectivity index (χ3n) is 2.85. The Bertz CT molecular complexity index is 429. The Hall–Kier alpha value is -1.88. The van der Waals surface area contributed by atoms with Crippen LogP contribution >= 0.6 is 0 Å². The summed E-state index contributed by atoms with van der Waals surface area (Å²) in [7, 11) is 1.77. The van der Waals surface area contributed by atoms with Crippen LogP contribution in [0.3, 0.4) is 0 Å². The van der Waals surface area contributed by atoms with Crippen LogP contribution in [0.1, 0.15) is 29.3 Å². The number of nitrogens with zero attached hydrogens (tertiary/aromatic N) is 1. The topological polar surface area (TPSA) is 75.4 Å². The van der Waals surface area contributed by atoms with Gasteiger partial charge in [0.15, 0.2) is 0 Å². The molecule has 0 radical (unpaired) electrons. The van der Waals surface area contributed by atoms with E-state index in [-0.39, 0.29) is 5.91 Å². The van der Waals surface area contributed by atoms with Gasteiger partial charge < -0.3 is 16.0 Å². The van der Waals surface area contributed by atoms with E-state index in [2.05, 4.69) is 5.32 Å². The van der Waals surface area contributed by atoms with Gasteiger partial charge in [-0.1, -0.05) is 19.1 Å². The molecule has 0 unspecified atom stereocenters. The number of amides is 2.